The topological polar surface area (TPSA) is 75.5 Å². The van der Waals surface area contributed by atoms with Crippen LogP contribution in [0.2, 0.25) is 0 Å². The number of carbonyl (C=O) groups excluding carboxylic acids is 1. The highest BCUT2D eigenvalue weighted by Gasteiger charge is 2.19. The van der Waals surface area contributed by atoms with E-state index >= 15 is 0 Å². The minimum Gasteiger partial charge on any atom is -0.360 e. The summed E-state index contributed by atoms with van der Waals surface area (Å²) in [5, 5.41) is 13.8. The Bertz CT molecular complexity index is 798. The summed E-state index contributed by atoms with van der Waals surface area (Å²) >= 11 is 3.34. The quantitative estimate of drug-likeness (QED) is 0.615. The fourth-order valence-electron chi connectivity index (χ4n) is 2.21. The van der Waals surface area contributed by atoms with Crippen molar-refractivity contribution < 1.29 is 14.1 Å². The molecule has 126 valence electrons. The Morgan fingerprint density at radius 1 is 1.33 bits per heavy atom. The summed E-state index contributed by atoms with van der Waals surface area (Å²) in [5.41, 5.74) is 1.30. The van der Waals surface area contributed by atoms with Gasteiger partial charge in [0.1, 0.15) is 11.5 Å². The molecule has 0 atom stereocenters. The molecule has 2 aromatic carbocycles. The van der Waals surface area contributed by atoms with E-state index in [1.165, 1.54) is 11.9 Å². The van der Waals surface area contributed by atoms with Crippen LogP contribution in [0.15, 0.2) is 40.9 Å². The van der Waals surface area contributed by atoms with E-state index in [0.29, 0.717) is 5.69 Å². The van der Waals surface area contributed by atoms with Gasteiger partial charge in [0.15, 0.2) is 0 Å². The number of halogens is 2. The van der Waals surface area contributed by atoms with Crippen molar-refractivity contribution in [2.24, 2.45) is 0 Å². The number of hydrogen-bond acceptors (Lipinski definition) is 4. The van der Waals surface area contributed by atoms with Crippen LogP contribution in [0.4, 0.5) is 21.5 Å². The second kappa shape index (κ2) is 7.39. The average Bonchev–Trinajstić information content (AvgIpc) is 2.49. The molecule has 1 N–H and O–H groups in total. The van der Waals surface area contributed by atoms with E-state index < -0.39 is 10.7 Å². The smallest absolute Gasteiger partial charge is 0.292 e. The van der Waals surface area contributed by atoms with E-state index in [4.69, 9.17) is 0 Å². The van der Waals surface area contributed by atoms with Gasteiger partial charge in [-0.05, 0) is 36.8 Å². The van der Waals surface area contributed by atoms with E-state index in [1.54, 1.807) is 12.1 Å². The summed E-state index contributed by atoms with van der Waals surface area (Å²) in [5.74, 6) is -0.965. The summed E-state index contributed by atoms with van der Waals surface area (Å²) in [6, 6.07) is 8.54. The Balaban J connectivity index is 2.14. The molecule has 0 unspecified atom stereocenters. The van der Waals surface area contributed by atoms with Gasteiger partial charge in [0.25, 0.3) is 5.69 Å². The number of nitro groups is 1. The molecule has 0 aliphatic rings. The molecule has 0 spiro atoms. The second-order valence-electron chi connectivity index (χ2n) is 5.25. The zero-order valence-electron chi connectivity index (χ0n) is 13.0. The van der Waals surface area contributed by atoms with Crippen LogP contribution >= 0.6 is 15.9 Å². The van der Waals surface area contributed by atoms with Gasteiger partial charge in [-0.25, -0.2) is 4.39 Å². The Hall–Kier alpha value is -2.48. The van der Waals surface area contributed by atoms with Crippen LogP contribution in [0.1, 0.15) is 5.56 Å². The highest BCUT2D eigenvalue weighted by atomic mass is 79.9. The number of nitrogens with zero attached hydrogens (tertiary/aromatic N) is 2. The predicted molar refractivity (Wildman–Crippen MR) is 93.8 cm³/mol. The zero-order chi connectivity index (χ0) is 17.9. The van der Waals surface area contributed by atoms with Crippen molar-refractivity contribution in [2.45, 2.75) is 6.92 Å². The fourth-order valence-corrected chi connectivity index (χ4v) is 2.69. The number of nitrogens with one attached hydrogen (secondary N) is 1. The fraction of sp³-hybridized carbons (Fsp3) is 0.188. The van der Waals surface area contributed by atoms with Crippen LogP contribution in [0.5, 0.6) is 0 Å². The maximum atomic E-state index is 13.4. The van der Waals surface area contributed by atoms with Gasteiger partial charge in [-0.15, -0.1) is 0 Å². The molecule has 24 heavy (non-hydrogen) atoms. The number of anilines is 2. The third kappa shape index (κ3) is 4.29. The van der Waals surface area contributed by atoms with Crippen LogP contribution in [0, 0.1) is 22.9 Å². The van der Waals surface area contributed by atoms with Crippen molar-refractivity contribution in [3.8, 4) is 0 Å². The van der Waals surface area contributed by atoms with E-state index in [-0.39, 0.29) is 23.8 Å². The standard InChI is InChI=1S/C16H15BrFN3O3/c1-10-7-11(17)3-5-13(10)19-16(22)9-20(2)15-8-12(18)4-6-14(15)21(23)24/h3-8H,9H2,1-2H3,(H,19,22). The zero-order valence-corrected chi connectivity index (χ0v) is 14.6. The van der Waals surface area contributed by atoms with Gasteiger partial charge >= 0.3 is 0 Å². The van der Waals surface area contributed by atoms with Crippen LogP contribution < -0.4 is 10.2 Å². The predicted octanol–water partition coefficient (Wildman–Crippen LogP) is 3.88. The molecule has 0 aliphatic carbocycles. The minimum absolute atomic E-state index is 0.0441. The Kier molecular flexibility index (Phi) is 5.50. The van der Waals surface area contributed by atoms with Gasteiger partial charge in [-0.3, -0.25) is 14.9 Å². The first-order chi connectivity index (χ1) is 11.3. The normalized spacial score (nSPS) is 10.3. The van der Waals surface area contributed by atoms with Crippen molar-refractivity contribution in [1.29, 1.82) is 0 Å². The lowest BCUT2D eigenvalue weighted by Gasteiger charge is -2.19. The largest absolute Gasteiger partial charge is 0.360 e. The summed E-state index contributed by atoms with van der Waals surface area (Å²) < 4.78 is 14.3. The molecule has 2 aromatic rings. The Labute approximate surface area is 146 Å². The molecule has 0 aliphatic heterocycles. The van der Waals surface area contributed by atoms with Gasteiger partial charge in [0.05, 0.1) is 11.5 Å². The minimum atomic E-state index is -0.609. The summed E-state index contributed by atoms with van der Waals surface area (Å²) in [6.45, 7) is 1.70. The molecule has 0 aromatic heterocycles. The second-order valence-corrected chi connectivity index (χ2v) is 6.17. The molecular formula is C16H15BrFN3O3. The summed E-state index contributed by atoms with van der Waals surface area (Å²) in [6.07, 6.45) is 0. The number of amides is 1. The number of hydrogen-bond donors (Lipinski definition) is 1. The first-order valence-electron chi connectivity index (χ1n) is 6.99. The SMILES string of the molecule is Cc1cc(Br)ccc1NC(=O)CN(C)c1cc(F)ccc1[N+](=O)[O-]. The van der Waals surface area contributed by atoms with E-state index in [9.17, 15) is 19.3 Å². The lowest BCUT2D eigenvalue weighted by atomic mass is 10.2. The number of carbonyl (C=O) groups is 1. The Morgan fingerprint density at radius 2 is 2.04 bits per heavy atom. The van der Waals surface area contributed by atoms with Gasteiger partial charge in [-0.1, -0.05) is 15.9 Å². The number of rotatable bonds is 5. The molecule has 0 saturated heterocycles. The van der Waals surface area contributed by atoms with E-state index in [0.717, 1.165) is 28.2 Å². The molecule has 6 nitrogen and oxygen atoms in total. The molecule has 0 bridgehead atoms. The van der Waals surface area contributed by atoms with Crippen LogP contribution in [-0.4, -0.2) is 24.4 Å². The Morgan fingerprint density at radius 3 is 2.67 bits per heavy atom. The maximum Gasteiger partial charge on any atom is 0.292 e. The lowest BCUT2D eigenvalue weighted by Crippen LogP contribution is -2.30. The van der Waals surface area contributed by atoms with Crippen molar-refractivity contribution >= 4 is 38.9 Å². The molecule has 1 amide bonds. The van der Waals surface area contributed by atoms with Crippen molar-refractivity contribution in [3.63, 3.8) is 0 Å². The third-order valence-electron chi connectivity index (χ3n) is 3.39. The molecule has 0 heterocycles. The van der Waals surface area contributed by atoms with Gasteiger partial charge in [0, 0.05) is 29.3 Å². The molecule has 0 saturated carbocycles. The monoisotopic (exact) mass is 395 g/mol. The molecule has 0 fully saturated rings. The first-order valence-corrected chi connectivity index (χ1v) is 7.78. The average molecular weight is 396 g/mol. The maximum absolute atomic E-state index is 13.4. The number of benzene rings is 2. The number of nitro benzene ring substituents is 1. The van der Waals surface area contributed by atoms with Crippen molar-refractivity contribution in [2.75, 3.05) is 23.8 Å². The molecule has 2 rings (SSSR count). The third-order valence-corrected chi connectivity index (χ3v) is 3.88. The van der Waals surface area contributed by atoms with Gasteiger partial charge in [0.2, 0.25) is 5.91 Å². The number of aryl methyl sites for hydroxylation is 1. The van der Waals surface area contributed by atoms with Gasteiger partial charge < -0.3 is 10.2 Å². The lowest BCUT2D eigenvalue weighted by molar-refractivity contribution is -0.384. The summed E-state index contributed by atoms with van der Waals surface area (Å²) in [7, 11) is 1.50. The van der Waals surface area contributed by atoms with Crippen molar-refractivity contribution in [3.05, 3.63) is 62.4 Å². The summed E-state index contributed by atoms with van der Waals surface area (Å²) in [4.78, 5) is 23.9. The first kappa shape index (κ1) is 17.9. The van der Waals surface area contributed by atoms with E-state index in [1.807, 2.05) is 13.0 Å². The molecule has 0 radical (unpaired) electrons. The van der Waals surface area contributed by atoms with Gasteiger partial charge in [-0.2, -0.15) is 0 Å². The highest BCUT2D eigenvalue weighted by molar-refractivity contribution is 9.10. The number of likely N-dealkylation sites (N-methyl/N-ethyl adjacent to an activating group) is 1. The molecular weight excluding hydrogens is 381 g/mol. The van der Waals surface area contributed by atoms with E-state index in [2.05, 4.69) is 21.2 Å². The van der Waals surface area contributed by atoms with Crippen molar-refractivity contribution in [1.82, 2.24) is 0 Å². The highest BCUT2D eigenvalue weighted by Crippen LogP contribution is 2.28. The van der Waals surface area contributed by atoms with Crippen LogP contribution in [0.3, 0.4) is 0 Å². The molecule has 8 heteroatoms. The van der Waals surface area contributed by atoms with Crippen LogP contribution in [0.25, 0.3) is 0 Å². The van der Waals surface area contributed by atoms with Crippen LogP contribution in [-0.2, 0) is 4.79 Å².